The van der Waals surface area contributed by atoms with Crippen molar-refractivity contribution in [3.8, 4) is 6.07 Å². The van der Waals surface area contributed by atoms with Crippen LogP contribution in [0, 0.1) is 11.3 Å². The van der Waals surface area contributed by atoms with Crippen molar-refractivity contribution in [2.45, 2.75) is 0 Å². The molecule has 0 unspecified atom stereocenters. The number of carbonyl (C=O) groups excluding carboxylic acids is 1. The van der Waals surface area contributed by atoms with Gasteiger partial charge in [-0.05, 0) is 23.8 Å². The molecule has 1 amide bonds. The Balaban J connectivity index is 1.98. The monoisotopic (exact) mass is 319 g/mol. The molecule has 3 rings (SSSR count). The summed E-state index contributed by atoms with van der Waals surface area (Å²) in [5.41, 5.74) is 2.04. The molecule has 0 N–H and O–H groups in total. The number of rotatable bonds is 3. The predicted molar refractivity (Wildman–Crippen MR) is 93.9 cm³/mol. The Morgan fingerprint density at radius 2 is 1.74 bits per heavy atom. The Kier molecular flexibility index (Phi) is 4.55. The lowest BCUT2D eigenvalue weighted by Gasteiger charge is -2.16. The van der Waals surface area contributed by atoms with Crippen molar-refractivity contribution in [2.24, 2.45) is 4.99 Å². The zero-order valence-corrected chi connectivity index (χ0v) is 13.0. The van der Waals surface area contributed by atoms with Crippen LogP contribution < -0.4 is 4.90 Å². The molecule has 2 aromatic rings. The van der Waals surface area contributed by atoms with Gasteiger partial charge < -0.3 is 0 Å². The van der Waals surface area contributed by atoms with Gasteiger partial charge in [0, 0.05) is 0 Å². The number of amidine groups is 1. The highest BCUT2D eigenvalue weighted by atomic mass is 32.2. The van der Waals surface area contributed by atoms with Gasteiger partial charge in [-0.25, -0.2) is 4.99 Å². The minimum Gasteiger partial charge on any atom is -0.266 e. The van der Waals surface area contributed by atoms with Gasteiger partial charge in [0.25, 0.3) is 5.91 Å². The van der Waals surface area contributed by atoms with Crippen LogP contribution in [0.2, 0.25) is 0 Å². The summed E-state index contributed by atoms with van der Waals surface area (Å²) in [6, 6.07) is 21.0. The third kappa shape index (κ3) is 3.33. The van der Waals surface area contributed by atoms with E-state index in [0.29, 0.717) is 10.9 Å². The molecular weight excluding hydrogens is 306 g/mol. The normalized spacial score (nSPS) is 15.6. The van der Waals surface area contributed by atoms with E-state index in [9.17, 15) is 4.79 Å². The molecule has 2 aromatic carbocycles. The first-order chi connectivity index (χ1) is 11.3. The molecule has 0 spiro atoms. The number of anilines is 1. The quantitative estimate of drug-likeness (QED) is 0.811. The van der Waals surface area contributed by atoms with Crippen LogP contribution in [0.5, 0.6) is 0 Å². The Bertz CT molecular complexity index is 807. The number of hydrogen-bond acceptors (Lipinski definition) is 4. The van der Waals surface area contributed by atoms with Crippen LogP contribution in [0.1, 0.15) is 5.56 Å². The van der Waals surface area contributed by atoms with Crippen molar-refractivity contribution in [3.05, 3.63) is 71.9 Å². The number of nitriles is 1. The number of aliphatic imine (C=N–C) groups is 1. The molecule has 0 aromatic heterocycles. The van der Waals surface area contributed by atoms with Crippen LogP contribution in [0.3, 0.4) is 0 Å². The predicted octanol–water partition coefficient (Wildman–Crippen LogP) is 3.69. The lowest BCUT2D eigenvalue weighted by molar-refractivity contribution is -0.113. The molecule has 0 fully saturated rings. The maximum absolute atomic E-state index is 12.7. The minimum absolute atomic E-state index is 0.180. The van der Waals surface area contributed by atoms with Crippen LogP contribution in [-0.4, -0.2) is 16.8 Å². The molecule has 0 aliphatic carbocycles. The van der Waals surface area contributed by atoms with Crippen LogP contribution in [0.25, 0.3) is 6.08 Å². The smallest absolute Gasteiger partial charge is 0.266 e. The average molecular weight is 319 g/mol. The van der Waals surface area contributed by atoms with Crippen molar-refractivity contribution in [1.82, 2.24) is 0 Å². The topological polar surface area (TPSA) is 56.5 Å². The van der Waals surface area contributed by atoms with Gasteiger partial charge >= 0.3 is 0 Å². The highest BCUT2D eigenvalue weighted by Crippen LogP contribution is 2.28. The summed E-state index contributed by atoms with van der Waals surface area (Å²) < 4.78 is 0. The Hall–Kier alpha value is -2.84. The number of hydrogen-bond donors (Lipinski definition) is 0. The van der Waals surface area contributed by atoms with Gasteiger partial charge in [-0.2, -0.15) is 5.26 Å². The van der Waals surface area contributed by atoms with Crippen molar-refractivity contribution < 1.29 is 4.79 Å². The van der Waals surface area contributed by atoms with Crippen LogP contribution in [0.15, 0.2) is 71.4 Å². The van der Waals surface area contributed by atoms with E-state index in [0.717, 1.165) is 11.3 Å². The van der Waals surface area contributed by atoms with E-state index >= 15 is 0 Å². The molecule has 0 saturated carbocycles. The second kappa shape index (κ2) is 6.95. The number of thioether (sulfide) groups is 1. The molecule has 23 heavy (non-hydrogen) atoms. The van der Waals surface area contributed by atoms with E-state index in [1.807, 2.05) is 60.7 Å². The van der Waals surface area contributed by atoms with Crippen LogP contribution >= 0.6 is 11.8 Å². The summed E-state index contributed by atoms with van der Waals surface area (Å²) in [5, 5.41) is 9.34. The molecule has 1 heterocycles. The Labute approximate surface area is 138 Å². The number of para-hydroxylation sites is 1. The molecule has 0 radical (unpaired) electrons. The molecule has 5 heteroatoms. The van der Waals surface area contributed by atoms with E-state index in [4.69, 9.17) is 5.26 Å². The summed E-state index contributed by atoms with van der Waals surface area (Å²) in [6.45, 7) is 0. The number of amides is 1. The zero-order chi connectivity index (χ0) is 16.1. The molecule has 112 valence electrons. The van der Waals surface area contributed by atoms with Crippen molar-refractivity contribution >= 4 is 34.6 Å². The maximum Gasteiger partial charge on any atom is 0.283 e. The fourth-order valence-electron chi connectivity index (χ4n) is 2.20. The Morgan fingerprint density at radius 3 is 2.39 bits per heavy atom. The first-order valence-corrected chi connectivity index (χ1v) is 8.03. The van der Waals surface area contributed by atoms with Crippen molar-refractivity contribution in [3.63, 3.8) is 0 Å². The molecule has 1 aliphatic heterocycles. The maximum atomic E-state index is 12.7. The lowest BCUT2D eigenvalue weighted by atomic mass is 10.2. The van der Waals surface area contributed by atoms with Crippen LogP contribution in [-0.2, 0) is 4.79 Å². The highest BCUT2D eigenvalue weighted by molar-refractivity contribution is 8.14. The van der Waals surface area contributed by atoms with Crippen molar-refractivity contribution in [2.75, 3.05) is 10.7 Å². The lowest BCUT2D eigenvalue weighted by Crippen LogP contribution is -2.30. The van der Waals surface area contributed by atoms with Gasteiger partial charge in [0.1, 0.15) is 5.70 Å². The summed E-state index contributed by atoms with van der Waals surface area (Å²) in [7, 11) is 0. The largest absolute Gasteiger partial charge is 0.283 e. The van der Waals surface area contributed by atoms with Crippen LogP contribution in [0.4, 0.5) is 5.69 Å². The third-order valence-electron chi connectivity index (χ3n) is 3.21. The van der Waals surface area contributed by atoms with E-state index in [1.165, 1.54) is 11.8 Å². The summed E-state index contributed by atoms with van der Waals surface area (Å²) in [5.74, 6) is 0.0640. The molecule has 0 saturated heterocycles. The van der Waals surface area contributed by atoms with E-state index in [-0.39, 0.29) is 11.7 Å². The molecule has 0 atom stereocenters. The highest BCUT2D eigenvalue weighted by Gasteiger charge is 2.31. The van der Waals surface area contributed by atoms with Gasteiger partial charge in [-0.3, -0.25) is 9.69 Å². The molecule has 0 bridgehead atoms. The number of nitrogens with zero attached hydrogens (tertiary/aromatic N) is 3. The molecular formula is C18H13N3OS. The second-order valence-corrected chi connectivity index (χ2v) is 5.70. The zero-order valence-electron chi connectivity index (χ0n) is 12.2. The van der Waals surface area contributed by atoms with Gasteiger partial charge in [0.2, 0.25) is 0 Å². The van der Waals surface area contributed by atoms with E-state index in [2.05, 4.69) is 11.1 Å². The minimum atomic E-state index is -0.180. The fraction of sp³-hybridized carbons (Fsp3) is 0.0556. The van der Waals surface area contributed by atoms with Gasteiger partial charge in [-0.15, -0.1) is 0 Å². The average Bonchev–Trinajstić information content (AvgIpc) is 2.90. The second-order valence-electron chi connectivity index (χ2n) is 4.76. The molecule has 1 aliphatic rings. The Morgan fingerprint density at radius 1 is 1.09 bits per heavy atom. The standard InChI is InChI=1S/C18H13N3OS/c19-11-12-23-18-20-16(13-14-7-3-1-4-8-14)17(22)21(18)15-9-5-2-6-10-15/h1-10,13H,12H2/b16-13-. The van der Waals surface area contributed by atoms with Gasteiger partial charge in [0.05, 0.1) is 17.5 Å². The first-order valence-electron chi connectivity index (χ1n) is 7.04. The van der Waals surface area contributed by atoms with E-state index < -0.39 is 0 Å². The summed E-state index contributed by atoms with van der Waals surface area (Å²) in [4.78, 5) is 18.7. The summed E-state index contributed by atoms with van der Waals surface area (Å²) >= 11 is 1.26. The first kappa shape index (κ1) is 15.1. The van der Waals surface area contributed by atoms with Gasteiger partial charge in [0.15, 0.2) is 5.17 Å². The molecule has 4 nitrogen and oxygen atoms in total. The van der Waals surface area contributed by atoms with Gasteiger partial charge in [-0.1, -0.05) is 60.3 Å². The number of carbonyl (C=O) groups is 1. The third-order valence-corrected chi connectivity index (χ3v) is 4.02. The number of benzene rings is 2. The fourth-order valence-corrected chi connectivity index (χ4v) is 2.88. The van der Waals surface area contributed by atoms with E-state index in [1.54, 1.807) is 11.0 Å². The van der Waals surface area contributed by atoms with Crippen molar-refractivity contribution in [1.29, 1.82) is 5.26 Å². The summed E-state index contributed by atoms with van der Waals surface area (Å²) in [6.07, 6.45) is 1.76. The SMILES string of the molecule is N#CCSC1=N/C(=C\c2ccccc2)C(=O)N1c1ccccc1.